The highest BCUT2D eigenvalue weighted by Crippen LogP contribution is 2.31. The number of rotatable bonds is 8. The van der Waals surface area contributed by atoms with Gasteiger partial charge in [-0.05, 0) is 75.9 Å². The molecule has 0 unspecified atom stereocenters. The lowest BCUT2D eigenvalue weighted by molar-refractivity contribution is 0.632. The first-order valence-corrected chi connectivity index (χ1v) is 14.6. The molecule has 1 N–H and O–H groups in total. The van der Waals surface area contributed by atoms with E-state index in [1.54, 1.807) is 0 Å². The lowest BCUT2D eigenvalue weighted by atomic mass is 9.98. The number of aromatic amines is 1. The number of aryl methyl sites for hydroxylation is 3. The van der Waals surface area contributed by atoms with E-state index in [2.05, 4.69) is 106 Å². The number of aromatic nitrogens is 8. The van der Waals surface area contributed by atoms with Crippen molar-refractivity contribution in [2.45, 2.75) is 39.8 Å². The Morgan fingerprint density at radius 3 is 2.40 bits per heavy atom. The maximum atomic E-state index is 12.0. The average molecular weight is 569 g/mol. The van der Waals surface area contributed by atoms with Gasteiger partial charge in [0.05, 0.1) is 28.6 Å². The van der Waals surface area contributed by atoms with Gasteiger partial charge in [0.1, 0.15) is 11.6 Å². The Morgan fingerprint density at radius 2 is 1.63 bits per heavy atom. The molecule has 0 aliphatic heterocycles. The van der Waals surface area contributed by atoms with Crippen LogP contribution in [-0.2, 0) is 26.6 Å². The van der Waals surface area contributed by atoms with Crippen molar-refractivity contribution in [3.05, 3.63) is 118 Å². The van der Waals surface area contributed by atoms with Gasteiger partial charge in [0.25, 0.3) is 0 Å². The number of tetrazole rings is 1. The molecular weight excluding hydrogens is 536 g/mol. The van der Waals surface area contributed by atoms with Crippen LogP contribution in [-0.4, -0.2) is 39.3 Å². The Morgan fingerprint density at radius 1 is 0.837 bits per heavy atom. The Labute approximate surface area is 248 Å². The summed E-state index contributed by atoms with van der Waals surface area (Å²) in [5.74, 6) is 2.04. The summed E-state index contributed by atoms with van der Waals surface area (Å²) in [5, 5.41) is 9.86. The molecule has 43 heavy (non-hydrogen) atoms. The van der Waals surface area contributed by atoms with Crippen LogP contribution in [0.15, 0.2) is 89.7 Å². The molecule has 214 valence electrons. The molecule has 7 rings (SSSR count). The maximum Gasteiger partial charge on any atom is 0.361 e. The second-order valence-corrected chi connectivity index (χ2v) is 11.0. The van der Waals surface area contributed by atoms with Crippen molar-refractivity contribution in [2.75, 3.05) is 0 Å². The second-order valence-electron chi connectivity index (χ2n) is 11.0. The minimum Gasteiger partial charge on any atom is -0.327 e. The normalized spacial score (nSPS) is 11.6. The van der Waals surface area contributed by atoms with Gasteiger partial charge >= 0.3 is 5.69 Å². The van der Waals surface area contributed by atoms with E-state index < -0.39 is 0 Å². The number of H-pyrrole nitrogens is 1. The van der Waals surface area contributed by atoms with E-state index >= 15 is 0 Å². The van der Waals surface area contributed by atoms with Crippen molar-refractivity contribution >= 4 is 22.1 Å². The van der Waals surface area contributed by atoms with E-state index in [0.29, 0.717) is 13.1 Å². The number of nitrogens with zero attached hydrogens (tertiary/aromatic N) is 7. The predicted molar refractivity (Wildman–Crippen MR) is 169 cm³/mol. The zero-order chi connectivity index (χ0) is 29.5. The number of hydrogen-bond donors (Lipinski definition) is 1. The minimum atomic E-state index is -0.324. The van der Waals surface area contributed by atoms with Crippen LogP contribution in [0.5, 0.6) is 0 Å². The van der Waals surface area contributed by atoms with Crippen LogP contribution in [0.2, 0.25) is 0 Å². The zero-order valence-electron chi connectivity index (χ0n) is 24.5. The quantitative estimate of drug-likeness (QED) is 0.246. The lowest BCUT2D eigenvalue weighted by Crippen LogP contribution is -2.19. The molecule has 0 bridgehead atoms. The fraction of sp³-hybridized carbons (Fsp3) is 0.206. The lowest BCUT2D eigenvalue weighted by Gasteiger charge is -2.13. The summed E-state index contributed by atoms with van der Waals surface area (Å²) < 4.78 is 5.85. The molecule has 3 aromatic heterocycles. The van der Waals surface area contributed by atoms with E-state index in [1.165, 1.54) is 10.2 Å². The average Bonchev–Trinajstić information content (AvgIpc) is 3.69. The van der Waals surface area contributed by atoms with Gasteiger partial charge in [-0.3, -0.25) is 0 Å². The standard InChI is InChI=1S/C34H32N8O/c1-4-9-31-36-32-22(2)18-26(33-35-28-12-7-8-13-29(28)40(33)3)19-30(32)41(31)20-23-14-16-24(17-15-23)27-11-6-5-10-25(27)21-42-34(43)37-38-39-42/h5-8,10-19H,4,9,20-21H2,1-3H3,(H,37,39,43). The van der Waals surface area contributed by atoms with Crippen molar-refractivity contribution < 1.29 is 0 Å². The third-order valence-electron chi connectivity index (χ3n) is 8.12. The first-order chi connectivity index (χ1) is 21.0. The van der Waals surface area contributed by atoms with Crippen molar-refractivity contribution in [3.63, 3.8) is 0 Å². The number of benzene rings is 4. The van der Waals surface area contributed by atoms with Crippen LogP contribution in [0, 0.1) is 6.92 Å². The van der Waals surface area contributed by atoms with Gasteiger partial charge in [0, 0.05) is 25.6 Å². The summed E-state index contributed by atoms with van der Waals surface area (Å²) in [6.45, 7) is 5.40. The number of imidazole rings is 2. The molecule has 0 amide bonds. The van der Waals surface area contributed by atoms with Crippen LogP contribution >= 0.6 is 0 Å². The zero-order valence-corrected chi connectivity index (χ0v) is 24.5. The fourth-order valence-electron chi connectivity index (χ4n) is 5.96. The maximum absolute atomic E-state index is 12.0. The molecule has 0 saturated carbocycles. The van der Waals surface area contributed by atoms with Crippen molar-refractivity contribution in [2.24, 2.45) is 7.05 Å². The Bertz CT molecular complexity index is 2150. The highest BCUT2D eigenvalue weighted by Gasteiger charge is 2.17. The molecular formula is C34H32N8O. The highest BCUT2D eigenvalue weighted by molar-refractivity contribution is 5.87. The van der Waals surface area contributed by atoms with Crippen LogP contribution in [0.1, 0.15) is 35.9 Å². The van der Waals surface area contributed by atoms with Gasteiger partial charge in [0.2, 0.25) is 0 Å². The summed E-state index contributed by atoms with van der Waals surface area (Å²) in [6, 6.07) is 29.4. The van der Waals surface area contributed by atoms with Crippen LogP contribution in [0.25, 0.3) is 44.6 Å². The fourth-order valence-corrected chi connectivity index (χ4v) is 5.96. The molecule has 4 aromatic carbocycles. The first-order valence-electron chi connectivity index (χ1n) is 14.6. The molecule has 9 nitrogen and oxygen atoms in total. The third-order valence-corrected chi connectivity index (χ3v) is 8.12. The third kappa shape index (κ3) is 4.82. The number of hydrogen-bond acceptors (Lipinski definition) is 5. The van der Waals surface area contributed by atoms with E-state index in [-0.39, 0.29) is 5.69 Å². The molecule has 0 fully saturated rings. The molecule has 0 atom stereocenters. The molecule has 0 aliphatic rings. The van der Waals surface area contributed by atoms with Crippen molar-refractivity contribution in [1.29, 1.82) is 0 Å². The minimum absolute atomic E-state index is 0.324. The molecule has 3 heterocycles. The van der Waals surface area contributed by atoms with Crippen LogP contribution in [0.3, 0.4) is 0 Å². The van der Waals surface area contributed by atoms with Crippen LogP contribution in [0.4, 0.5) is 0 Å². The van der Waals surface area contributed by atoms with Gasteiger partial charge in [-0.15, -0.1) is 0 Å². The van der Waals surface area contributed by atoms with E-state index in [9.17, 15) is 4.79 Å². The SMILES string of the molecule is CCCc1nc2c(C)cc(-c3nc4ccccc4n3C)cc2n1Cc1ccc(-c2ccccc2Cn2nn[nH]c2=O)cc1. The summed E-state index contributed by atoms with van der Waals surface area (Å²) in [5.41, 5.74) is 10.5. The van der Waals surface area contributed by atoms with E-state index in [0.717, 1.165) is 74.4 Å². The van der Waals surface area contributed by atoms with Gasteiger partial charge in [0.15, 0.2) is 0 Å². The summed E-state index contributed by atoms with van der Waals surface area (Å²) in [4.78, 5) is 22.1. The van der Waals surface area contributed by atoms with Crippen LogP contribution < -0.4 is 5.69 Å². The first kappa shape index (κ1) is 26.6. The molecule has 0 saturated heterocycles. The Hall–Kier alpha value is -5.31. The topological polar surface area (TPSA) is 99.2 Å². The second kappa shape index (κ2) is 10.8. The van der Waals surface area contributed by atoms with E-state index in [4.69, 9.17) is 9.97 Å². The van der Waals surface area contributed by atoms with Gasteiger partial charge in [-0.25, -0.2) is 19.9 Å². The smallest absolute Gasteiger partial charge is 0.327 e. The van der Waals surface area contributed by atoms with Gasteiger partial charge in [-0.2, -0.15) is 4.68 Å². The summed E-state index contributed by atoms with van der Waals surface area (Å²) in [6.07, 6.45) is 1.92. The molecule has 9 heteroatoms. The summed E-state index contributed by atoms with van der Waals surface area (Å²) >= 11 is 0. The van der Waals surface area contributed by atoms with Crippen molar-refractivity contribution in [1.82, 2.24) is 39.3 Å². The largest absolute Gasteiger partial charge is 0.361 e. The van der Waals surface area contributed by atoms with Crippen molar-refractivity contribution in [3.8, 4) is 22.5 Å². The molecule has 0 radical (unpaired) electrons. The summed E-state index contributed by atoms with van der Waals surface area (Å²) in [7, 11) is 2.08. The number of nitrogens with one attached hydrogen (secondary N) is 1. The van der Waals surface area contributed by atoms with E-state index in [1.807, 2.05) is 24.3 Å². The Balaban J connectivity index is 1.25. The molecule has 0 aliphatic carbocycles. The number of para-hydroxylation sites is 2. The molecule has 0 spiro atoms. The monoisotopic (exact) mass is 568 g/mol. The van der Waals surface area contributed by atoms with Gasteiger partial charge in [-0.1, -0.05) is 67.6 Å². The van der Waals surface area contributed by atoms with Gasteiger partial charge < -0.3 is 9.13 Å². The number of fused-ring (bicyclic) bond motifs is 2. The Kier molecular flexibility index (Phi) is 6.69. The molecule has 7 aromatic rings. The highest BCUT2D eigenvalue weighted by atomic mass is 16.2. The predicted octanol–water partition coefficient (Wildman–Crippen LogP) is 5.89.